The normalized spacial score (nSPS) is 22.0. The van der Waals surface area contributed by atoms with E-state index in [1.807, 2.05) is 13.1 Å². The van der Waals surface area contributed by atoms with E-state index in [-0.39, 0.29) is 17.1 Å². The first-order chi connectivity index (χ1) is 10.1. The quantitative estimate of drug-likeness (QED) is 0.905. The number of halogens is 1. The van der Waals surface area contributed by atoms with Crippen LogP contribution in [0.1, 0.15) is 38.2 Å². The second-order valence-electron chi connectivity index (χ2n) is 6.10. The van der Waals surface area contributed by atoms with Gasteiger partial charge in [-0.15, -0.1) is 0 Å². The van der Waals surface area contributed by atoms with Crippen LogP contribution in [0.4, 0.5) is 4.39 Å². The molecule has 1 N–H and O–H groups in total. The average molecular weight is 292 g/mol. The zero-order valence-electron chi connectivity index (χ0n) is 13.0. The van der Waals surface area contributed by atoms with E-state index >= 15 is 0 Å². The van der Waals surface area contributed by atoms with E-state index < -0.39 is 0 Å². The molecule has 1 amide bonds. The molecular weight excluding hydrogens is 267 g/mol. The number of hydrogen-bond donors (Lipinski definition) is 1. The molecule has 21 heavy (non-hydrogen) atoms. The van der Waals surface area contributed by atoms with Crippen molar-refractivity contribution in [3.05, 3.63) is 35.6 Å². The second kappa shape index (κ2) is 7.03. The van der Waals surface area contributed by atoms with Crippen molar-refractivity contribution in [1.82, 2.24) is 10.2 Å². The predicted molar refractivity (Wildman–Crippen MR) is 82.3 cm³/mol. The highest BCUT2D eigenvalue weighted by atomic mass is 19.1. The molecule has 0 aromatic heterocycles. The fourth-order valence-corrected chi connectivity index (χ4v) is 3.34. The Bertz CT molecular complexity index is 478. The Hall–Kier alpha value is -1.42. The van der Waals surface area contributed by atoms with Crippen LogP contribution in [-0.4, -0.2) is 30.9 Å². The minimum atomic E-state index is -0.283. The van der Waals surface area contributed by atoms with Gasteiger partial charge in [0.15, 0.2) is 0 Å². The molecule has 1 heterocycles. The molecule has 1 saturated heterocycles. The molecule has 4 heteroatoms. The van der Waals surface area contributed by atoms with Crippen LogP contribution in [0.2, 0.25) is 0 Å². The van der Waals surface area contributed by atoms with Crippen molar-refractivity contribution >= 4 is 5.91 Å². The fraction of sp³-hybridized carbons (Fsp3) is 0.588. The zero-order valence-corrected chi connectivity index (χ0v) is 13.0. The van der Waals surface area contributed by atoms with E-state index in [1.54, 1.807) is 11.0 Å². The second-order valence-corrected chi connectivity index (χ2v) is 6.10. The molecule has 116 valence electrons. The highest BCUT2D eigenvalue weighted by Crippen LogP contribution is 2.33. The van der Waals surface area contributed by atoms with Crippen molar-refractivity contribution in [2.45, 2.75) is 39.2 Å². The van der Waals surface area contributed by atoms with Crippen molar-refractivity contribution < 1.29 is 9.18 Å². The Balaban J connectivity index is 2.09. The van der Waals surface area contributed by atoms with Crippen molar-refractivity contribution in [3.8, 4) is 0 Å². The van der Waals surface area contributed by atoms with E-state index in [0.29, 0.717) is 6.54 Å². The third-order valence-electron chi connectivity index (χ3n) is 4.31. The lowest BCUT2D eigenvalue weighted by Crippen LogP contribution is -2.50. The van der Waals surface area contributed by atoms with Crippen molar-refractivity contribution in [1.29, 1.82) is 0 Å². The third-order valence-corrected chi connectivity index (χ3v) is 4.31. The molecule has 3 nitrogen and oxygen atoms in total. The first kappa shape index (κ1) is 16.0. The minimum absolute atomic E-state index is 0.181. The molecule has 0 bridgehead atoms. The van der Waals surface area contributed by atoms with Gasteiger partial charge in [-0.05, 0) is 43.5 Å². The maximum Gasteiger partial charge on any atom is 0.230 e. The topological polar surface area (TPSA) is 32.3 Å². The first-order valence-corrected chi connectivity index (χ1v) is 7.78. The number of nitrogens with one attached hydrogen (secondary N) is 1. The number of piperidine rings is 1. The van der Waals surface area contributed by atoms with E-state index in [4.69, 9.17) is 0 Å². The summed E-state index contributed by atoms with van der Waals surface area (Å²) in [6.45, 7) is 4.33. The summed E-state index contributed by atoms with van der Waals surface area (Å²) in [6, 6.07) is 6.47. The molecule has 0 saturated carbocycles. The number of hydrogen-bond acceptors (Lipinski definition) is 2. The lowest BCUT2D eigenvalue weighted by molar-refractivity contribution is -0.143. The molecule has 1 aromatic carbocycles. The summed E-state index contributed by atoms with van der Waals surface area (Å²) < 4.78 is 13.3. The van der Waals surface area contributed by atoms with Crippen molar-refractivity contribution in [2.75, 3.05) is 20.1 Å². The highest BCUT2D eigenvalue weighted by molar-refractivity contribution is 5.83. The maximum atomic E-state index is 13.3. The first-order valence-electron chi connectivity index (χ1n) is 7.78. The van der Waals surface area contributed by atoms with Crippen molar-refractivity contribution in [2.24, 2.45) is 5.41 Å². The van der Waals surface area contributed by atoms with Crippen LogP contribution >= 0.6 is 0 Å². The van der Waals surface area contributed by atoms with Crippen LogP contribution in [0.15, 0.2) is 24.3 Å². The van der Waals surface area contributed by atoms with Gasteiger partial charge < -0.3 is 10.2 Å². The molecule has 1 unspecified atom stereocenters. The zero-order chi connectivity index (χ0) is 15.3. The van der Waals surface area contributed by atoms with Crippen LogP contribution in [0.5, 0.6) is 0 Å². The van der Waals surface area contributed by atoms with Gasteiger partial charge >= 0.3 is 0 Å². The van der Waals surface area contributed by atoms with Gasteiger partial charge in [0.1, 0.15) is 5.82 Å². The molecule has 1 atom stereocenters. The van der Waals surface area contributed by atoms with Crippen LogP contribution < -0.4 is 5.32 Å². The third kappa shape index (κ3) is 3.82. The Labute approximate surface area is 126 Å². The number of amides is 1. The number of nitrogens with zero attached hydrogens (tertiary/aromatic N) is 1. The van der Waals surface area contributed by atoms with Crippen LogP contribution in [0, 0.1) is 11.2 Å². The van der Waals surface area contributed by atoms with Crippen molar-refractivity contribution in [3.63, 3.8) is 0 Å². The Morgan fingerprint density at radius 3 is 2.90 bits per heavy atom. The van der Waals surface area contributed by atoms with E-state index in [9.17, 15) is 9.18 Å². The summed E-state index contributed by atoms with van der Waals surface area (Å²) in [6.07, 6.45) is 3.90. The molecule has 1 aliphatic rings. The molecule has 0 aliphatic carbocycles. The fourth-order valence-electron chi connectivity index (χ4n) is 3.34. The maximum absolute atomic E-state index is 13.3. The molecule has 1 aliphatic heterocycles. The predicted octanol–water partition coefficient (Wildman–Crippen LogP) is 2.95. The standard InChI is InChI=1S/C17H25FN2O/c1-3-8-17(9-5-10-19-13-17)16(21)20(2)12-14-6-4-7-15(18)11-14/h4,6-7,11,19H,3,5,8-10,12-13H2,1-2H3. The van der Waals surface area contributed by atoms with Gasteiger partial charge in [-0.3, -0.25) is 4.79 Å². The molecule has 1 fully saturated rings. The van der Waals surface area contributed by atoms with Gasteiger partial charge in [0, 0.05) is 20.1 Å². The Morgan fingerprint density at radius 1 is 1.48 bits per heavy atom. The summed E-state index contributed by atoms with van der Waals surface area (Å²) in [5, 5.41) is 3.36. The van der Waals surface area contributed by atoms with Gasteiger partial charge in [-0.25, -0.2) is 4.39 Å². The number of carbonyl (C=O) groups is 1. The summed E-state index contributed by atoms with van der Waals surface area (Å²) in [5.74, 6) is -0.0724. The summed E-state index contributed by atoms with van der Waals surface area (Å²) in [7, 11) is 1.82. The van der Waals surface area contributed by atoms with Crippen LogP contribution in [-0.2, 0) is 11.3 Å². The summed E-state index contributed by atoms with van der Waals surface area (Å²) in [4.78, 5) is 14.6. The van der Waals surface area contributed by atoms with Crippen LogP contribution in [0.3, 0.4) is 0 Å². The number of benzene rings is 1. The smallest absolute Gasteiger partial charge is 0.230 e. The van der Waals surface area contributed by atoms with Gasteiger partial charge in [0.05, 0.1) is 5.41 Å². The number of carbonyl (C=O) groups excluding carboxylic acids is 1. The summed E-state index contributed by atoms with van der Waals surface area (Å²) in [5.41, 5.74) is 0.552. The molecule has 0 spiro atoms. The molecule has 2 rings (SSSR count). The Kier molecular flexibility index (Phi) is 5.34. The van der Waals surface area contributed by atoms with E-state index in [1.165, 1.54) is 12.1 Å². The van der Waals surface area contributed by atoms with E-state index in [2.05, 4.69) is 12.2 Å². The average Bonchev–Trinajstić information content (AvgIpc) is 2.47. The molecule has 1 aromatic rings. The largest absolute Gasteiger partial charge is 0.341 e. The summed E-state index contributed by atoms with van der Waals surface area (Å²) >= 11 is 0. The lowest BCUT2D eigenvalue weighted by Gasteiger charge is -2.39. The van der Waals surface area contributed by atoms with Crippen LogP contribution in [0.25, 0.3) is 0 Å². The van der Waals surface area contributed by atoms with Gasteiger partial charge in [-0.1, -0.05) is 25.5 Å². The molecular formula is C17H25FN2O. The SMILES string of the molecule is CCCC1(C(=O)N(C)Cc2cccc(F)c2)CCCNC1. The van der Waals surface area contributed by atoms with Gasteiger partial charge in [0.2, 0.25) is 5.91 Å². The van der Waals surface area contributed by atoms with Gasteiger partial charge in [0.25, 0.3) is 0 Å². The highest BCUT2D eigenvalue weighted by Gasteiger charge is 2.40. The minimum Gasteiger partial charge on any atom is -0.341 e. The Morgan fingerprint density at radius 2 is 2.29 bits per heavy atom. The van der Waals surface area contributed by atoms with E-state index in [0.717, 1.165) is 44.3 Å². The lowest BCUT2D eigenvalue weighted by atomic mass is 9.75. The van der Waals surface area contributed by atoms with Gasteiger partial charge in [-0.2, -0.15) is 0 Å². The monoisotopic (exact) mass is 292 g/mol. The molecule has 0 radical (unpaired) electrons. The number of rotatable bonds is 5.